The van der Waals surface area contributed by atoms with Gasteiger partial charge >= 0.3 is 12.1 Å². The molecule has 0 saturated heterocycles. The number of benzene rings is 3. The fourth-order valence-electron chi connectivity index (χ4n) is 4.86. The molecular weight excluding hydrogens is 532 g/mol. The van der Waals surface area contributed by atoms with Crippen molar-refractivity contribution in [1.82, 2.24) is 10.6 Å². The predicted octanol–water partition coefficient (Wildman–Crippen LogP) is 5.17. The Morgan fingerprint density at radius 2 is 1.43 bits per heavy atom. The van der Waals surface area contributed by atoms with Crippen LogP contribution in [0, 0.1) is 0 Å². The highest BCUT2D eigenvalue weighted by Crippen LogP contribution is 2.44. The lowest BCUT2D eigenvalue weighted by Gasteiger charge is -2.26. The molecule has 3 aromatic carbocycles. The van der Waals surface area contributed by atoms with Gasteiger partial charge in [0.05, 0.1) is 12.2 Å². The van der Waals surface area contributed by atoms with Crippen molar-refractivity contribution in [2.45, 2.75) is 50.8 Å². The van der Waals surface area contributed by atoms with Crippen LogP contribution in [0.2, 0.25) is 0 Å². The highest BCUT2D eigenvalue weighted by atomic mass is 16.6. The smallest absolute Gasteiger partial charge is 0.407 e. The van der Waals surface area contributed by atoms with Gasteiger partial charge in [0.25, 0.3) is 0 Å². The molecule has 0 fully saturated rings. The number of nitrogens with one attached hydrogen (secondary N) is 2. The fourth-order valence-corrected chi connectivity index (χ4v) is 4.86. The van der Waals surface area contributed by atoms with Crippen molar-refractivity contribution < 1.29 is 28.6 Å². The van der Waals surface area contributed by atoms with Crippen molar-refractivity contribution >= 4 is 18.0 Å². The minimum absolute atomic E-state index is 0.00849. The van der Waals surface area contributed by atoms with Gasteiger partial charge in [-0.3, -0.25) is 4.79 Å². The van der Waals surface area contributed by atoms with Crippen LogP contribution in [-0.4, -0.2) is 55.5 Å². The molecule has 1 aliphatic carbocycles. The summed E-state index contributed by atoms with van der Waals surface area (Å²) in [5.74, 6) is -1.33. The maximum Gasteiger partial charge on any atom is 0.407 e. The van der Waals surface area contributed by atoms with Crippen molar-refractivity contribution in [3.8, 4) is 11.1 Å². The third-order valence-electron chi connectivity index (χ3n) is 6.86. The molecule has 0 saturated carbocycles. The van der Waals surface area contributed by atoms with Gasteiger partial charge in [-0.1, -0.05) is 91.5 Å². The number of fused-ring (bicyclic) bond motifs is 3. The molecule has 42 heavy (non-hydrogen) atoms. The summed E-state index contributed by atoms with van der Waals surface area (Å²) in [6.45, 7) is 9.09. The standard InChI is InChI=1S/C34H38N2O6/c1-5-19-40-32(38)29(20-23-13-7-6-8-14-23)35-31(37)30(22-42-34(2,3)4)36-33(39)41-21-28-26-17-11-9-15-24(26)25-16-10-12-18-27(25)28/h5-18,28-30H,1,19-22H2,2-4H3,(H,35,37)(H,36,39)/t29-,30-/m0/s1. The lowest BCUT2D eigenvalue weighted by Crippen LogP contribution is -2.55. The summed E-state index contributed by atoms with van der Waals surface area (Å²) in [7, 11) is 0. The van der Waals surface area contributed by atoms with Gasteiger partial charge in [0, 0.05) is 12.3 Å². The number of rotatable bonds is 12. The summed E-state index contributed by atoms with van der Waals surface area (Å²) in [5.41, 5.74) is 4.66. The Morgan fingerprint density at radius 1 is 0.833 bits per heavy atom. The Balaban J connectivity index is 1.46. The molecule has 1 aliphatic rings. The number of hydrogen-bond acceptors (Lipinski definition) is 6. The summed E-state index contributed by atoms with van der Waals surface area (Å²) < 4.78 is 16.8. The van der Waals surface area contributed by atoms with Crippen molar-refractivity contribution in [1.29, 1.82) is 0 Å². The Labute approximate surface area is 247 Å². The Kier molecular flexibility index (Phi) is 10.1. The van der Waals surface area contributed by atoms with E-state index in [0.29, 0.717) is 0 Å². The zero-order valence-electron chi connectivity index (χ0n) is 24.3. The van der Waals surface area contributed by atoms with Crippen LogP contribution in [-0.2, 0) is 30.2 Å². The van der Waals surface area contributed by atoms with Crippen LogP contribution in [0.15, 0.2) is 91.5 Å². The van der Waals surface area contributed by atoms with Crippen LogP contribution in [0.1, 0.15) is 43.4 Å². The van der Waals surface area contributed by atoms with Crippen molar-refractivity contribution in [2.75, 3.05) is 19.8 Å². The molecule has 4 rings (SSSR count). The van der Waals surface area contributed by atoms with Crippen LogP contribution in [0.25, 0.3) is 11.1 Å². The molecule has 2 amide bonds. The van der Waals surface area contributed by atoms with Crippen molar-refractivity contribution in [3.05, 3.63) is 108 Å². The molecule has 0 aliphatic heterocycles. The highest BCUT2D eigenvalue weighted by molar-refractivity contribution is 5.90. The van der Waals surface area contributed by atoms with Crippen LogP contribution in [0.5, 0.6) is 0 Å². The van der Waals surface area contributed by atoms with Gasteiger partial charge in [0.2, 0.25) is 5.91 Å². The number of carbonyl (C=O) groups excluding carboxylic acids is 3. The molecule has 2 N–H and O–H groups in total. The molecule has 0 bridgehead atoms. The molecule has 0 radical (unpaired) electrons. The van der Waals surface area contributed by atoms with E-state index < -0.39 is 35.7 Å². The maximum absolute atomic E-state index is 13.5. The van der Waals surface area contributed by atoms with Gasteiger partial charge in [-0.05, 0) is 48.6 Å². The number of carbonyl (C=O) groups is 3. The van der Waals surface area contributed by atoms with Crippen LogP contribution < -0.4 is 10.6 Å². The molecule has 0 heterocycles. The van der Waals surface area contributed by atoms with Crippen LogP contribution in [0.4, 0.5) is 4.79 Å². The predicted molar refractivity (Wildman–Crippen MR) is 161 cm³/mol. The van der Waals surface area contributed by atoms with E-state index in [4.69, 9.17) is 14.2 Å². The number of ether oxygens (including phenoxy) is 3. The summed E-state index contributed by atoms with van der Waals surface area (Å²) in [6.07, 6.45) is 0.904. The molecule has 0 unspecified atom stereocenters. The van der Waals surface area contributed by atoms with E-state index in [1.807, 2.05) is 87.5 Å². The molecule has 2 atom stereocenters. The molecule has 0 spiro atoms. The van der Waals surface area contributed by atoms with Gasteiger partial charge in [-0.2, -0.15) is 0 Å². The van der Waals surface area contributed by atoms with Gasteiger partial charge in [0.1, 0.15) is 25.3 Å². The van der Waals surface area contributed by atoms with Crippen LogP contribution >= 0.6 is 0 Å². The number of alkyl carbamates (subject to hydrolysis) is 1. The van der Waals surface area contributed by atoms with E-state index in [1.54, 1.807) is 0 Å². The molecular formula is C34H38N2O6. The second kappa shape index (κ2) is 14.0. The van der Waals surface area contributed by atoms with Gasteiger partial charge in [-0.15, -0.1) is 0 Å². The monoisotopic (exact) mass is 570 g/mol. The second-order valence-electron chi connectivity index (χ2n) is 11.1. The number of hydrogen-bond donors (Lipinski definition) is 2. The Morgan fingerprint density at radius 3 is 2.02 bits per heavy atom. The van der Waals surface area contributed by atoms with Crippen LogP contribution in [0.3, 0.4) is 0 Å². The molecule has 220 valence electrons. The Hall–Kier alpha value is -4.43. The minimum Gasteiger partial charge on any atom is -0.460 e. The van der Waals surface area contributed by atoms with E-state index in [2.05, 4.69) is 29.3 Å². The van der Waals surface area contributed by atoms with Gasteiger partial charge < -0.3 is 24.8 Å². The lowest BCUT2D eigenvalue weighted by atomic mass is 9.98. The van der Waals surface area contributed by atoms with E-state index in [0.717, 1.165) is 27.8 Å². The third kappa shape index (κ3) is 8.07. The van der Waals surface area contributed by atoms with E-state index in [1.165, 1.54) is 6.08 Å². The topological polar surface area (TPSA) is 103 Å². The average Bonchev–Trinajstić information content (AvgIpc) is 3.30. The first-order valence-electron chi connectivity index (χ1n) is 14.0. The first-order chi connectivity index (χ1) is 20.2. The largest absolute Gasteiger partial charge is 0.460 e. The Bertz CT molecular complexity index is 1350. The second-order valence-corrected chi connectivity index (χ2v) is 11.1. The summed E-state index contributed by atoms with van der Waals surface area (Å²) in [5, 5.41) is 5.39. The summed E-state index contributed by atoms with van der Waals surface area (Å²) in [4.78, 5) is 39.3. The molecule has 8 nitrogen and oxygen atoms in total. The zero-order valence-corrected chi connectivity index (χ0v) is 24.3. The number of amides is 2. The zero-order chi connectivity index (χ0) is 30.1. The molecule has 3 aromatic rings. The first kappa shape index (κ1) is 30.5. The van der Waals surface area contributed by atoms with E-state index in [9.17, 15) is 14.4 Å². The summed E-state index contributed by atoms with van der Waals surface area (Å²) in [6, 6.07) is 23.3. The molecule has 8 heteroatoms. The quantitative estimate of drug-likeness (QED) is 0.230. The maximum atomic E-state index is 13.5. The lowest BCUT2D eigenvalue weighted by molar-refractivity contribution is -0.147. The average molecular weight is 571 g/mol. The first-order valence-corrected chi connectivity index (χ1v) is 14.0. The third-order valence-corrected chi connectivity index (χ3v) is 6.86. The van der Waals surface area contributed by atoms with E-state index >= 15 is 0 Å². The SMILES string of the molecule is C=CCOC(=O)[C@H](Cc1ccccc1)NC(=O)[C@H](COC(C)(C)C)NC(=O)OCC1c2ccccc2-c2ccccc21. The minimum atomic E-state index is -1.12. The summed E-state index contributed by atoms with van der Waals surface area (Å²) >= 11 is 0. The highest BCUT2D eigenvalue weighted by Gasteiger charge is 2.32. The fraction of sp³-hybridized carbons (Fsp3) is 0.324. The van der Waals surface area contributed by atoms with Crippen molar-refractivity contribution in [3.63, 3.8) is 0 Å². The molecule has 0 aromatic heterocycles. The normalized spacial score (nSPS) is 13.7. The number of esters is 1. The van der Waals surface area contributed by atoms with Gasteiger partial charge in [-0.25, -0.2) is 9.59 Å². The van der Waals surface area contributed by atoms with E-state index in [-0.39, 0.29) is 32.2 Å². The van der Waals surface area contributed by atoms with Gasteiger partial charge in [0.15, 0.2) is 0 Å². The van der Waals surface area contributed by atoms with Crippen molar-refractivity contribution in [2.24, 2.45) is 0 Å².